The van der Waals surface area contributed by atoms with Crippen LogP contribution < -0.4 is 5.32 Å². The third kappa shape index (κ3) is 2.20. The van der Waals surface area contributed by atoms with Crippen LogP contribution in [0.4, 0.5) is 0 Å². The Labute approximate surface area is 104 Å². The summed E-state index contributed by atoms with van der Waals surface area (Å²) >= 11 is 0. The van der Waals surface area contributed by atoms with Crippen molar-refractivity contribution in [2.75, 3.05) is 20.6 Å². The van der Waals surface area contributed by atoms with E-state index in [1.54, 1.807) is 0 Å². The van der Waals surface area contributed by atoms with E-state index in [9.17, 15) is 4.79 Å². The molecule has 2 atom stereocenters. The zero-order chi connectivity index (χ0) is 12.6. The van der Waals surface area contributed by atoms with Gasteiger partial charge in [-0.05, 0) is 40.8 Å². The molecule has 2 unspecified atom stereocenters. The molecule has 1 saturated carbocycles. The molecule has 0 bridgehead atoms. The Morgan fingerprint density at radius 3 is 2.59 bits per heavy atom. The smallest absolute Gasteiger partial charge is 0.244 e. The largest absolute Gasteiger partial charge is 0.324 e. The lowest BCUT2D eigenvalue weighted by Crippen LogP contribution is -2.45. The quantitative estimate of drug-likeness (QED) is 0.799. The molecule has 98 valence electrons. The van der Waals surface area contributed by atoms with Crippen molar-refractivity contribution in [2.45, 2.75) is 57.3 Å². The molecular formula is C13H25N3O. The standard InChI is InChI=1S/C13H25N3O/c1-10(15(3)4)9-16-11(2)14-13(12(16)17)7-5-6-8-13/h10-11,14H,5-9H2,1-4H3. The van der Waals surface area contributed by atoms with Crippen molar-refractivity contribution in [3.63, 3.8) is 0 Å². The highest BCUT2D eigenvalue weighted by Gasteiger charge is 2.50. The Morgan fingerprint density at radius 1 is 1.47 bits per heavy atom. The molecule has 1 amide bonds. The second-order valence-electron chi connectivity index (χ2n) is 5.88. The van der Waals surface area contributed by atoms with E-state index in [1.807, 2.05) is 4.90 Å². The van der Waals surface area contributed by atoms with Gasteiger partial charge < -0.3 is 9.80 Å². The van der Waals surface area contributed by atoms with E-state index >= 15 is 0 Å². The van der Waals surface area contributed by atoms with E-state index in [1.165, 1.54) is 12.8 Å². The summed E-state index contributed by atoms with van der Waals surface area (Å²) in [5.74, 6) is 0.330. The number of rotatable bonds is 3. The third-order valence-corrected chi connectivity index (χ3v) is 4.42. The van der Waals surface area contributed by atoms with Gasteiger partial charge >= 0.3 is 0 Å². The second kappa shape index (κ2) is 4.58. The lowest BCUT2D eigenvalue weighted by Gasteiger charge is -2.28. The number of hydrogen-bond acceptors (Lipinski definition) is 3. The molecule has 2 aliphatic rings. The van der Waals surface area contributed by atoms with Gasteiger partial charge in [0.05, 0.1) is 11.7 Å². The molecule has 17 heavy (non-hydrogen) atoms. The molecular weight excluding hydrogens is 214 g/mol. The molecule has 2 fully saturated rings. The Bertz CT molecular complexity index is 297. The number of amides is 1. The van der Waals surface area contributed by atoms with Crippen LogP contribution in [0.15, 0.2) is 0 Å². The number of carbonyl (C=O) groups excluding carboxylic acids is 1. The van der Waals surface area contributed by atoms with Gasteiger partial charge in [0, 0.05) is 12.6 Å². The summed E-state index contributed by atoms with van der Waals surface area (Å²) in [6.07, 6.45) is 4.58. The van der Waals surface area contributed by atoms with Gasteiger partial charge in [-0.2, -0.15) is 0 Å². The molecule has 0 aromatic rings. The predicted molar refractivity (Wildman–Crippen MR) is 68.7 cm³/mol. The van der Waals surface area contributed by atoms with Crippen LogP contribution in [-0.2, 0) is 4.79 Å². The normalized spacial score (nSPS) is 29.6. The number of nitrogens with one attached hydrogen (secondary N) is 1. The zero-order valence-corrected chi connectivity index (χ0v) is 11.5. The summed E-state index contributed by atoms with van der Waals surface area (Å²) in [7, 11) is 4.13. The molecule has 1 aliphatic carbocycles. The third-order valence-electron chi connectivity index (χ3n) is 4.42. The first kappa shape index (κ1) is 12.8. The van der Waals surface area contributed by atoms with Crippen LogP contribution in [0.2, 0.25) is 0 Å². The number of hydrogen-bond donors (Lipinski definition) is 1. The molecule has 0 aromatic heterocycles. The Balaban J connectivity index is 2.06. The highest BCUT2D eigenvalue weighted by molar-refractivity contribution is 5.89. The van der Waals surface area contributed by atoms with Gasteiger partial charge in [-0.3, -0.25) is 10.1 Å². The first-order chi connectivity index (χ1) is 7.96. The second-order valence-corrected chi connectivity index (χ2v) is 5.88. The molecule has 1 N–H and O–H groups in total. The van der Waals surface area contributed by atoms with Crippen molar-refractivity contribution in [1.29, 1.82) is 0 Å². The number of likely N-dealkylation sites (N-methyl/N-ethyl adjacent to an activating group) is 1. The van der Waals surface area contributed by atoms with Crippen LogP contribution >= 0.6 is 0 Å². The van der Waals surface area contributed by atoms with Crippen molar-refractivity contribution in [3.8, 4) is 0 Å². The maximum atomic E-state index is 12.5. The Morgan fingerprint density at radius 2 is 2.06 bits per heavy atom. The van der Waals surface area contributed by atoms with Gasteiger partial charge in [0.1, 0.15) is 0 Å². The minimum atomic E-state index is -0.217. The lowest BCUT2D eigenvalue weighted by atomic mass is 9.98. The van der Waals surface area contributed by atoms with Crippen molar-refractivity contribution < 1.29 is 4.79 Å². The molecule has 4 heteroatoms. The Kier molecular flexibility index (Phi) is 3.46. The van der Waals surface area contributed by atoms with Gasteiger partial charge in [-0.25, -0.2) is 0 Å². The van der Waals surface area contributed by atoms with Crippen molar-refractivity contribution in [1.82, 2.24) is 15.1 Å². The minimum Gasteiger partial charge on any atom is -0.324 e. The highest BCUT2D eigenvalue weighted by atomic mass is 16.2. The van der Waals surface area contributed by atoms with Crippen LogP contribution in [0.1, 0.15) is 39.5 Å². The van der Waals surface area contributed by atoms with Gasteiger partial charge in [0.25, 0.3) is 0 Å². The minimum absolute atomic E-state index is 0.183. The van der Waals surface area contributed by atoms with E-state index in [4.69, 9.17) is 0 Å². The van der Waals surface area contributed by atoms with E-state index < -0.39 is 0 Å². The van der Waals surface area contributed by atoms with E-state index in [0.717, 1.165) is 19.4 Å². The molecule has 1 saturated heterocycles. The van der Waals surface area contributed by atoms with Crippen molar-refractivity contribution in [2.24, 2.45) is 0 Å². The van der Waals surface area contributed by atoms with Gasteiger partial charge in [-0.1, -0.05) is 12.8 Å². The van der Waals surface area contributed by atoms with E-state index in [2.05, 4.69) is 38.2 Å². The maximum absolute atomic E-state index is 12.5. The van der Waals surface area contributed by atoms with Crippen LogP contribution in [0.25, 0.3) is 0 Å². The average molecular weight is 239 g/mol. The fourth-order valence-electron chi connectivity index (χ4n) is 3.02. The Hall–Kier alpha value is -0.610. The molecule has 0 aromatic carbocycles. The average Bonchev–Trinajstić information content (AvgIpc) is 2.81. The number of nitrogens with zero attached hydrogens (tertiary/aromatic N) is 2. The highest BCUT2D eigenvalue weighted by Crippen LogP contribution is 2.36. The molecule has 4 nitrogen and oxygen atoms in total. The van der Waals surface area contributed by atoms with Gasteiger partial charge in [0.2, 0.25) is 5.91 Å². The first-order valence-electron chi connectivity index (χ1n) is 6.71. The summed E-state index contributed by atoms with van der Waals surface area (Å²) in [4.78, 5) is 16.7. The van der Waals surface area contributed by atoms with Crippen LogP contribution in [-0.4, -0.2) is 54.1 Å². The summed E-state index contributed by atoms with van der Waals surface area (Å²) in [6.45, 7) is 5.09. The molecule has 1 aliphatic heterocycles. The molecule has 1 spiro atoms. The molecule has 0 radical (unpaired) electrons. The summed E-state index contributed by atoms with van der Waals surface area (Å²) in [5.41, 5.74) is -0.217. The first-order valence-corrected chi connectivity index (χ1v) is 6.71. The SMILES string of the molecule is CC(CN1C(=O)C2(CCCC2)NC1C)N(C)C. The fraction of sp³-hybridized carbons (Fsp3) is 0.923. The van der Waals surface area contributed by atoms with Crippen LogP contribution in [0, 0.1) is 0 Å². The van der Waals surface area contributed by atoms with E-state index in [0.29, 0.717) is 11.9 Å². The summed E-state index contributed by atoms with van der Waals surface area (Å²) < 4.78 is 0. The van der Waals surface area contributed by atoms with Crippen molar-refractivity contribution >= 4 is 5.91 Å². The fourth-order valence-corrected chi connectivity index (χ4v) is 3.02. The van der Waals surface area contributed by atoms with Crippen molar-refractivity contribution in [3.05, 3.63) is 0 Å². The van der Waals surface area contributed by atoms with Gasteiger partial charge in [0.15, 0.2) is 0 Å². The summed E-state index contributed by atoms with van der Waals surface area (Å²) in [6, 6.07) is 0.403. The summed E-state index contributed by atoms with van der Waals surface area (Å²) in [5, 5.41) is 3.53. The van der Waals surface area contributed by atoms with Crippen LogP contribution in [0.5, 0.6) is 0 Å². The maximum Gasteiger partial charge on any atom is 0.244 e. The molecule has 1 heterocycles. The number of carbonyl (C=O) groups is 1. The van der Waals surface area contributed by atoms with Gasteiger partial charge in [-0.15, -0.1) is 0 Å². The predicted octanol–water partition coefficient (Wildman–Crippen LogP) is 1.03. The monoisotopic (exact) mass is 239 g/mol. The topological polar surface area (TPSA) is 35.6 Å². The zero-order valence-electron chi connectivity index (χ0n) is 11.5. The molecule has 2 rings (SSSR count). The lowest BCUT2D eigenvalue weighted by molar-refractivity contribution is -0.133. The van der Waals surface area contributed by atoms with Crippen LogP contribution in [0.3, 0.4) is 0 Å². The van der Waals surface area contributed by atoms with E-state index in [-0.39, 0.29) is 11.7 Å².